The molecule has 4 nitrogen and oxygen atoms in total. The van der Waals surface area contributed by atoms with E-state index in [1.807, 2.05) is 45.0 Å². The summed E-state index contributed by atoms with van der Waals surface area (Å²) < 4.78 is 5.48. The van der Waals surface area contributed by atoms with Gasteiger partial charge in [-0.1, -0.05) is 35.9 Å². The molecule has 0 atom stereocenters. The van der Waals surface area contributed by atoms with Gasteiger partial charge in [-0.15, -0.1) is 0 Å². The molecule has 0 spiro atoms. The fourth-order valence-electron chi connectivity index (χ4n) is 3.48. The molecule has 1 amide bonds. The maximum atomic E-state index is 12.7. The van der Waals surface area contributed by atoms with Crippen molar-refractivity contribution in [1.82, 2.24) is 5.32 Å². The molecular weight excluding hydrogens is 302 g/mol. The van der Waals surface area contributed by atoms with Crippen molar-refractivity contribution in [2.75, 3.05) is 13.2 Å². The zero-order valence-electron chi connectivity index (χ0n) is 14.6. The molecule has 2 aromatic carbocycles. The quantitative estimate of drug-likeness (QED) is 0.887. The zero-order chi connectivity index (χ0) is 17.3. The number of hydrogen-bond donors (Lipinski definition) is 2. The highest BCUT2D eigenvalue weighted by molar-refractivity contribution is 6.08. The lowest BCUT2D eigenvalue weighted by Gasteiger charge is -2.43. The van der Waals surface area contributed by atoms with Crippen LogP contribution in [-0.2, 0) is 4.74 Å². The number of hydrogen-bond acceptors (Lipinski definition) is 3. The number of rotatable bonds is 5. The zero-order valence-corrected chi connectivity index (χ0v) is 14.6. The Balaban J connectivity index is 1.74. The standard InChI is InChI=1S/C20H25NO3/c1-4-24-16-10-20(23,11-16)12-21-19(22)18-14(3)6-7-15-9-13(2)5-8-17(15)18/h5-9,16,23H,4,10-12H2,1-3H3,(H,21,22). The van der Waals surface area contributed by atoms with Crippen LogP contribution in [0, 0.1) is 13.8 Å². The number of fused-ring (bicyclic) bond motifs is 1. The predicted molar refractivity (Wildman–Crippen MR) is 95.4 cm³/mol. The lowest BCUT2D eigenvalue weighted by atomic mass is 9.77. The molecule has 1 aliphatic rings. The molecule has 0 bridgehead atoms. The van der Waals surface area contributed by atoms with Crippen LogP contribution in [0.15, 0.2) is 30.3 Å². The second-order valence-electron chi connectivity index (χ2n) is 6.87. The number of carbonyl (C=O) groups excluding carboxylic acids is 1. The molecule has 24 heavy (non-hydrogen) atoms. The first-order chi connectivity index (χ1) is 11.4. The van der Waals surface area contributed by atoms with Crippen LogP contribution in [0.2, 0.25) is 0 Å². The minimum Gasteiger partial charge on any atom is -0.388 e. The van der Waals surface area contributed by atoms with E-state index < -0.39 is 5.60 Å². The van der Waals surface area contributed by atoms with E-state index in [1.54, 1.807) is 0 Å². The van der Waals surface area contributed by atoms with Crippen LogP contribution < -0.4 is 5.32 Å². The van der Waals surface area contributed by atoms with Crippen molar-refractivity contribution in [3.8, 4) is 0 Å². The van der Waals surface area contributed by atoms with Crippen LogP contribution in [-0.4, -0.2) is 35.9 Å². The third-order valence-corrected chi connectivity index (χ3v) is 4.81. The maximum absolute atomic E-state index is 12.7. The summed E-state index contributed by atoms with van der Waals surface area (Å²) in [4.78, 5) is 12.7. The molecule has 0 aromatic heterocycles. The maximum Gasteiger partial charge on any atom is 0.252 e. The third kappa shape index (κ3) is 3.30. The summed E-state index contributed by atoms with van der Waals surface area (Å²) in [5, 5.41) is 15.3. The molecule has 0 unspecified atom stereocenters. The van der Waals surface area contributed by atoms with Gasteiger partial charge in [0.25, 0.3) is 5.91 Å². The SMILES string of the molecule is CCOC1CC(O)(CNC(=O)c2c(C)ccc3cc(C)ccc23)C1. The van der Waals surface area contributed by atoms with E-state index in [0.717, 1.165) is 16.3 Å². The lowest BCUT2D eigenvalue weighted by molar-refractivity contribution is -0.133. The number of aliphatic hydroxyl groups is 1. The Kier molecular flexibility index (Phi) is 4.61. The van der Waals surface area contributed by atoms with E-state index in [-0.39, 0.29) is 18.6 Å². The number of ether oxygens (including phenoxy) is 1. The van der Waals surface area contributed by atoms with Gasteiger partial charge in [0.2, 0.25) is 0 Å². The van der Waals surface area contributed by atoms with Gasteiger partial charge in [-0.3, -0.25) is 4.79 Å². The van der Waals surface area contributed by atoms with Crippen molar-refractivity contribution in [2.45, 2.75) is 45.3 Å². The monoisotopic (exact) mass is 327 g/mol. The van der Waals surface area contributed by atoms with Crippen LogP contribution in [0.4, 0.5) is 0 Å². The average molecular weight is 327 g/mol. The van der Waals surface area contributed by atoms with E-state index in [0.29, 0.717) is 25.0 Å². The molecule has 0 radical (unpaired) electrons. The Bertz CT molecular complexity index is 763. The highest BCUT2D eigenvalue weighted by Gasteiger charge is 2.43. The van der Waals surface area contributed by atoms with Crippen LogP contribution >= 0.6 is 0 Å². The molecule has 1 fully saturated rings. The molecule has 2 aromatic rings. The van der Waals surface area contributed by atoms with Gasteiger partial charge in [0.15, 0.2) is 0 Å². The Morgan fingerprint density at radius 1 is 1.29 bits per heavy atom. The van der Waals surface area contributed by atoms with Crippen LogP contribution in [0.25, 0.3) is 10.8 Å². The molecule has 0 heterocycles. The summed E-state index contributed by atoms with van der Waals surface area (Å²) in [7, 11) is 0. The molecule has 1 saturated carbocycles. The van der Waals surface area contributed by atoms with Crippen LogP contribution in [0.1, 0.15) is 41.3 Å². The summed E-state index contributed by atoms with van der Waals surface area (Å²) in [6, 6.07) is 10.1. The van der Waals surface area contributed by atoms with Crippen LogP contribution in [0.5, 0.6) is 0 Å². The van der Waals surface area contributed by atoms with Gasteiger partial charge in [-0.25, -0.2) is 0 Å². The minimum atomic E-state index is -0.843. The van der Waals surface area contributed by atoms with E-state index in [1.165, 1.54) is 5.56 Å². The molecule has 2 N–H and O–H groups in total. The second-order valence-corrected chi connectivity index (χ2v) is 6.87. The number of benzene rings is 2. The molecule has 128 valence electrons. The van der Waals surface area contributed by atoms with Crippen molar-refractivity contribution in [2.24, 2.45) is 0 Å². The Hall–Kier alpha value is -1.91. The fraction of sp³-hybridized carbons (Fsp3) is 0.450. The summed E-state index contributed by atoms with van der Waals surface area (Å²) in [5.41, 5.74) is 1.96. The Morgan fingerprint density at radius 2 is 2.04 bits per heavy atom. The lowest BCUT2D eigenvalue weighted by Crippen LogP contribution is -2.55. The van der Waals surface area contributed by atoms with E-state index >= 15 is 0 Å². The molecule has 3 rings (SSSR count). The van der Waals surface area contributed by atoms with Crippen molar-refractivity contribution in [1.29, 1.82) is 0 Å². The van der Waals surface area contributed by atoms with E-state index in [4.69, 9.17) is 4.74 Å². The Labute approximate surface area is 142 Å². The summed E-state index contributed by atoms with van der Waals surface area (Å²) >= 11 is 0. The number of amides is 1. The van der Waals surface area contributed by atoms with Crippen LogP contribution in [0.3, 0.4) is 0 Å². The predicted octanol–water partition coefficient (Wildman–Crippen LogP) is 3.12. The van der Waals surface area contributed by atoms with Gasteiger partial charge in [-0.05, 0) is 37.1 Å². The first-order valence-corrected chi connectivity index (χ1v) is 8.54. The molecule has 0 aliphatic heterocycles. The molecule has 0 saturated heterocycles. The van der Waals surface area contributed by atoms with Gasteiger partial charge in [-0.2, -0.15) is 0 Å². The second kappa shape index (κ2) is 6.54. The number of carbonyl (C=O) groups is 1. The van der Waals surface area contributed by atoms with Crippen molar-refractivity contribution < 1.29 is 14.6 Å². The van der Waals surface area contributed by atoms with Crippen molar-refractivity contribution >= 4 is 16.7 Å². The van der Waals surface area contributed by atoms with Gasteiger partial charge < -0.3 is 15.2 Å². The molecular formula is C20H25NO3. The number of aryl methyl sites for hydroxylation is 2. The topological polar surface area (TPSA) is 58.6 Å². The van der Waals surface area contributed by atoms with Crippen molar-refractivity contribution in [3.05, 3.63) is 47.0 Å². The molecule has 1 aliphatic carbocycles. The van der Waals surface area contributed by atoms with Gasteiger partial charge in [0, 0.05) is 26.0 Å². The van der Waals surface area contributed by atoms with Crippen molar-refractivity contribution in [3.63, 3.8) is 0 Å². The first kappa shape index (κ1) is 16.9. The van der Waals surface area contributed by atoms with E-state index in [9.17, 15) is 9.90 Å². The first-order valence-electron chi connectivity index (χ1n) is 8.54. The highest BCUT2D eigenvalue weighted by Crippen LogP contribution is 2.34. The average Bonchev–Trinajstić information content (AvgIpc) is 2.51. The number of nitrogens with one attached hydrogen (secondary N) is 1. The molecule has 4 heteroatoms. The fourth-order valence-corrected chi connectivity index (χ4v) is 3.48. The highest BCUT2D eigenvalue weighted by atomic mass is 16.5. The van der Waals surface area contributed by atoms with Gasteiger partial charge in [0.05, 0.1) is 17.3 Å². The minimum absolute atomic E-state index is 0.110. The summed E-state index contributed by atoms with van der Waals surface area (Å²) in [5.74, 6) is -0.129. The van der Waals surface area contributed by atoms with E-state index in [2.05, 4.69) is 11.4 Å². The summed E-state index contributed by atoms with van der Waals surface area (Å²) in [6.45, 7) is 6.85. The normalized spacial score (nSPS) is 23.1. The Morgan fingerprint density at radius 3 is 2.75 bits per heavy atom. The summed E-state index contributed by atoms with van der Waals surface area (Å²) in [6.07, 6.45) is 1.27. The third-order valence-electron chi connectivity index (χ3n) is 4.81. The smallest absolute Gasteiger partial charge is 0.252 e. The van der Waals surface area contributed by atoms with Gasteiger partial charge >= 0.3 is 0 Å². The largest absolute Gasteiger partial charge is 0.388 e. The van der Waals surface area contributed by atoms with Gasteiger partial charge in [0.1, 0.15) is 0 Å².